The van der Waals surface area contributed by atoms with Crippen LogP contribution in [-0.4, -0.2) is 0 Å². The summed E-state index contributed by atoms with van der Waals surface area (Å²) in [6.07, 6.45) is 3.43. The molecule has 2 aromatic carbocycles. The van der Waals surface area contributed by atoms with Crippen molar-refractivity contribution in [2.24, 2.45) is 0 Å². The minimum Gasteiger partial charge on any atom is -0.0843 e. The zero-order valence-electron chi connectivity index (χ0n) is 14.7. The van der Waals surface area contributed by atoms with Crippen LogP contribution in [0.1, 0.15) is 63.3 Å². The lowest BCUT2D eigenvalue weighted by Crippen LogP contribution is -2.17. The van der Waals surface area contributed by atoms with E-state index in [0.717, 1.165) is 5.02 Å². The second kappa shape index (κ2) is 5.53. The largest absolute Gasteiger partial charge is 0.0843 e. The summed E-state index contributed by atoms with van der Waals surface area (Å²) in [5.41, 5.74) is 7.31. The predicted octanol–water partition coefficient (Wildman–Crippen LogP) is 6.86. The lowest BCUT2D eigenvalue weighted by molar-refractivity contribution is 0.403. The zero-order chi connectivity index (χ0) is 16.8. The number of rotatable bonds is 2. The molecule has 0 amide bonds. The number of allylic oxidation sites excluding steroid dienone is 1. The van der Waals surface area contributed by atoms with E-state index < -0.39 is 0 Å². The Bertz CT molecular complexity index is 761. The van der Waals surface area contributed by atoms with E-state index in [2.05, 4.69) is 71.0 Å². The van der Waals surface area contributed by atoms with Gasteiger partial charge in [-0.1, -0.05) is 75.7 Å². The van der Waals surface area contributed by atoms with Crippen molar-refractivity contribution in [1.82, 2.24) is 0 Å². The first-order valence-electron chi connectivity index (χ1n) is 8.28. The fourth-order valence-electron chi connectivity index (χ4n) is 4.13. The lowest BCUT2D eigenvalue weighted by atomic mass is 9.82. The number of benzene rings is 2. The van der Waals surface area contributed by atoms with Crippen LogP contribution >= 0.6 is 11.6 Å². The molecule has 0 radical (unpaired) electrons. The molecule has 2 aromatic rings. The van der Waals surface area contributed by atoms with Crippen molar-refractivity contribution in [3.05, 3.63) is 69.7 Å². The molecular formula is C22H25Cl. The summed E-state index contributed by atoms with van der Waals surface area (Å²) in [7, 11) is 0. The maximum absolute atomic E-state index is 5.97. The van der Waals surface area contributed by atoms with Crippen LogP contribution in [0.15, 0.2) is 42.5 Å². The monoisotopic (exact) mass is 324 g/mol. The van der Waals surface area contributed by atoms with Gasteiger partial charge < -0.3 is 0 Å². The summed E-state index contributed by atoms with van der Waals surface area (Å²) in [4.78, 5) is 0. The third-order valence-corrected chi connectivity index (χ3v) is 5.32. The van der Waals surface area contributed by atoms with Crippen LogP contribution in [0, 0.1) is 0 Å². The van der Waals surface area contributed by atoms with Crippen molar-refractivity contribution in [2.45, 2.75) is 51.9 Å². The first-order chi connectivity index (χ1) is 10.7. The third-order valence-electron chi connectivity index (χ3n) is 5.07. The normalized spacial score (nSPS) is 18.8. The molecule has 0 aliphatic heterocycles. The summed E-state index contributed by atoms with van der Waals surface area (Å²) in [5.74, 6) is 0. The Hall–Kier alpha value is -1.53. The van der Waals surface area contributed by atoms with Crippen LogP contribution in [0.5, 0.6) is 0 Å². The van der Waals surface area contributed by atoms with E-state index >= 15 is 0 Å². The minimum absolute atomic E-state index is 0.245. The number of halogens is 1. The average molecular weight is 325 g/mol. The van der Waals surface area contributed by atoms with Gasteiger partial charge in [-0.3, -0.25) is 0 Å². The van der Waals surface area contributed by atoms with E-state index in [1.54, 1.807) is 0 Å². The molecule has 1 aliphatic rings. The van der Waals surface area contributed by atoms with E-state index in [4.69, 9.17) is 11.6 Å². The third kappa shape index (κ3) is 3.10. The van der Waals surface area contributed by atoms with Crippen LogP contribution in [-0.2, 0) is 10.8 Å². The Labute approximate surface area is 145 Å². The van der Waals surface area contributed by atoms with Gasteiger partial charge in [-0.2, -0.15) is 0 Å². The van der Waals surface area contributed by atoms with Crippen LogP contribution < -0.4 is 0 Å². The Kier molecular flexibility index (Phi) is 3.92. The summed E-state index contributed by atoms with van der Waals surface area (Å²) >= 11 is 5.97. The quantitative estimate of drug-likeness (QED) is 0.529. The topological polar surface area (TPSA) is 0 Å². The molecule has 3 rings (SSSR count). The van der Waals surface area contributed by atoms with E-state index in [-0.39, 0.29) is 10.8 Å². The maximum Gasteiger partial charge on any atom is 0.0406 e. The van der Waals surface area contributed by atoms with E-state index in [0.29, 0.717) is 0 Å². The summed E-state index contributed by atoms with van der Waals surface area (Å²) in [6.45, 7) is 11.6. The average Bonchev–Trinajstić information content (AvgIpc) is 2.66. The van der Waals surface area contributed by atoms with E-state index in [1.807, 2.05) is 12.1 Å². The summed E-state index contributed by atoms with van der Waals surface area (Å²) in [5, 5.41) is 0.779. The molecule has 0 bridgehead atoms. The molecule has 0 heterocycles. The molecule has 23 heavy (non-hydrogen) atoms. The van der Waals surface area contributed by atoms with Gasteiger partial charge in [0.1, 0.15) is 0 Å². The van der Waals surface area contributed by atoms with Crippen molar-refractivity contribution in [2.75, 3.05) is 0 Å². The molecule has 1 heteroatoms. The Balaban J connectivity index is 2.01. The highest BCUT2D eigenvalue weighted by molar-refractivity contribution is 6.30. The van der Waals surface area contributed by atoms with Gasteiger partial charge in [0.25, 0.3) is 0 Å². The van der Waals surface area contributed by atoms with Crippen LogP contribution in [0.2, 0.25) is 5.02 Å². The molecule has 0 unspecified atom stereocenters. The standard InChI is InChI=1S/C22H25Cl/c1-15(12-16-6-9-18(23)10-7-16)17-8-11-19-20(13-17)22(4,5)14-21(19,2)3/h6-13H,14H2,1-5H3/b15-12+. The van der Waals surface area contributed by atoms with Crippen molar-refractivity contribution < 1.29 is 0 Å². The highest BCUT2D eigenvalue weighted by Gasteiger charge is 2.41. The Morgan fingerprint density at radius 2 is 1.52 bits per heavy atom. The van der Waals surface area contributed by atoms with Gasteiger partial charge in [0, 0.05) is 5.02 Å². The van der Waals surface area contributed by atoms with Gasteiger partial charge in [0.05, 0.1) is 0 Å². The van der Waals surface area contributed by atoms with Gasteiger partial charge in [0.2, 0.25) is 0 Å². The van der Waals surface area contributed by atoms with Crippen molar-refractivity contribution >= 4 is 23.3 Å². The molecule has 0 nitrogen and oxygen atoms in total. The second-order valence-corrected chi connectivity index (χ2v) is 8.52. The Morgan fingerprint density at radius 3 is 2.17 bits per heavy atom. The van der Waals surface area contributed by atoms with Crippen LogP contribution in [0.4, 0.5) is 0 Å². The molecule has 0 saturated heterocycles. The first-order valence-corrected chi connectivity index (χ1v) is 8.66. The number of hydrogen-bond acceptors (Lipinski definition) is 0. The van der Waals surface area contributed by atoms with Crippen LogP contribution in [0.25, 0.3) is 11.6 Å². The van der Waals surface area contributed by atoms with E-state index in [1.165, 1.54) is 34.2 Å². The summed E-state index contributed by atoms with van der Waals surface area (Å²) < 4.78 is 0. The predicted molar refractivity (Wildman–Crippen MR) is 102 cm³/mol. The zero-order valence-corrected chi connectivity index (χ0v) is 15.5. The first kappa shape index (κ1) is 16.3. The SMILES string of the molecule is C/C(=C\c1ccc(Cl)cc1)c1ccc2c(c1)C(C)(C)CC2(C)C. The summed E-state index contributed by atoms with van der Waals surface area (Å²) in [6, 6.07) is 15.0. The van der Waals surface area contributed by atoms with Crippen molar-refractivity contribution in [3.63, 3.8) is 0 Å². The maximum atomic E-state index is 5.97. The molecular weight excluding hydrogens is 300 g/mol. The smallest absolute Gasteiger partial charge is 0.0406 e. The molecule has 0 fully saturated rings. The highest BCUT2D eigenvalue weighted by Crippen LogP contribution is 2.49. The molecule has 0 atom stereocenters. The molecule has 0 aromatic heterocycles. The molecule has 0 spiro atoms. The molecule has 0 saturated carbocycles. The van der Waals surface area contributed by atoms with Gasteiger partial charge in [-0.25, -0.2) is 0 Å². The molecule has 1 aliphatic carbocycles. The minimum atomic E-state index is 0.245. The van der Waals surface area contributed by atoms with Crippen LogP contribution in [0.3, 0.4) is 0 Å². The molecule has 120 valence electrons. The fourth-order valence-corrected chi connectivity index (χ4v) is 4.25. The van der Waals surface area contributed by atoms with Gasteiger partial charge in [-0.15, -0.1) is 0 Å². The molecule has 0 N–H and O–H groups in total. The Morgan fingerprint density at radius 1 is 0.913 bits per heavy atom. The van der Waals surface area contributed by atoms with Crippen molar-refractivity contribution in [3.8, 4) is 0 Å². The van der Waals surface area contributed by atoms with Gasteiger partial charge >= 0.3 is 0 Å². The number of fused-ring (bicyclic) bond motifs is 1. The van der Waals surface area contributed by atoms with Gasteiger partial charge in [0.15, 0.2) is 0 Å². The lowest BCUT2D eigenvalue weighted by Gasteiger charge is -2.22. The number of hydrogen-bond donors (Lipinski definition) is 0. The van der Waals surface area contributed by atoms with Gasteiger partial charge in [-0.05, 0) is 64.1 Å². The fraction of sp³-hybridized carbons (Fsp3) is 0.364. The highest BCUT2D eigenvalue weighted by atomic mass is 35.5. The second-order valence-electron chi connectivity index (χ2n) is 8.08. The van der Waals surface area contributed by atoms with Crippen molar-refractivity contribution in [1.29, 1.82) is 0 Å². The van der Waals surface area contributed by atoms with E-state index in [9.17, 15) is 0 Å².